The van der Waals surface area contributed by atoms with Crippen molar-refractivity contribution >= 4 is 62.5 Å². The van der Waals surface area contributed by atoms with E-state index in [4.69, 9.17) is 21.4 Å². The molecule has 4 heterocycles. The van der Waals surface area contributed by atoms with E-state index in [1.807, 2.05) is 31.2 Å². The van der Waals surface area contributed by atoms with Crippen molar-refractivity contribution in [3.63, 3.8) is 0 Å². The Hall–Kier alpha value is -4.52. The molecule has 4 amide bonds. The molecule has 2 aromatic heterocycles. The second-order valence-electron chi connectivity index (χ2n) is 13.3. The van der Waals surface area contributed by atoms with E-state index in [2.05, 4.69) is 0 Å². The van der Waals surface area contributed by atoms with E-state index in [0.29, 0.717) is 27.8 Å². The number of nitrogens with zero attached hydrogens (tertiary/aromatic N) is 4. The lowest BCUT2D eigenvalue weighted by Crippen LogP contribution is -2.49. The summed E-state index contributed by atoms with van der Waals surface area (Å²) < 4.78 is 8.26. The van der Waals surface area contributed by atoms with Gasteiger partial charge in [-0.2, -0.15) is 10.2 Å². The van der Waals surface area contributed by atoms with Gasteiger partial charge in [-0.3, -0.25) is 29.1 Å². The molecule has 6 atom stereocenters. The first-order chi connectivity index (χ1) is 22.9. The van der Waals surface area contributed by atoms with Gasteiger partial charge in [0.05, 0.1) is 35.2 Å². The molecule has 2 aromatic carbocycles. The van der Waals surface area contributed by atoms with E-state index in [0.717, 1.165) is 26.1 Å². The van der Waals surface area contributed by atoms with Gasteiger partial charge in [-0.05, 0) is 67.8 Å². The van der Waals surface area contributed by atoms with Gasteiger partial charge in [0.15, 0.2) is 0 Å². The molecule has 4 aliphatic rings. The molecule has 1 saturated carbocycles. The second-order valence-corrected chi connectivity index (χ2v) is 14.8. The van der Waals surface area contributed by atoms with Crippen LogP contribution in [0.3, 0.4) is 0 Å². The molecule has 246 valence electrons. The van der Waals surface area contributed by atoms with Crippen LogP contribution in [-0.2, 0) is 26.2 Å². The maximum absolute atomic E-state index is 14.9. The summed E-state index contributed by atoms with van der Waals surface area (Å²) >= 11 is 7.82. The Balaban J connectivity index is 1.27. The van der Waals surface area contributed by atoms with Crippen molar-refractivity contribution in [2.24, 2.45) is 36.1 Å². The second kappa shape index (κ2) is 10.5. The third-order valence-corrected chi connectivity index (χ3v) is 12.5. The molecular formula is C35H31ClN4O7S. The molecule has 8 rings (SSSR count). The zero-order valence-electron chi connectivity index (χ0n) is 26.4. The lowest BCUT2D eigenvalue weighted by molar-refractivity contribution is -0.173. The number of hydrogen-bond donors (Lipinski definition) is 2. The first-order valence-corrected chi connectivity index (χ1v) is 16.8. The minimum absolute atomic E-state index is 0.0356. The van der Waals surface area contributed by atoms with Gasteiger partial charge < -0.3 is 9.84 Å². The third kappa shape index (κ3) is 3.99. The summed E-state index contributed by atoms with van der Waals surface area (Å²) in [5, 5.41) is 27.2. The normalized spacial score (nSPS) is 28.2. The molecule has 2 saturated heterocycles. The predicted octanol–water partition coefficient (Wildman–Crippen LogP) is 5.60. The number of methoxy groups -OCH3 is 1. The van der Waals surface area contributed by atoms with Crippen LogP contribution in [-0.4, -0.2) is 55.9 Å². The van der Waals surface area contributed by atoms with Crippen molar-refractivity contribution in [1.29, 1.82) is 0 Å². The monoisotopic (exact) mass is 686 g/mol. The lowest BCUT2D eigenvalue weighted by Gasteiger charge is -2.49. The predicted molar refractivity (Wildman–Crippen MR) is 177 cm³/mol. The van der Waals surface area contributed by atoms with Gasteiger partial charge in [-0.25, -0.2) is 4.90 Å². The SMILES string of the molecule is COc1cc(O)ccc1[C@H]1C2=CC[C@@H]3C(=O)N(O)C(=O)[C@@H]3[C@@H]2C[C@H]2C(=O)N(c3cc(-c4sc5ccc(Cl)cc5c4C)nn3C)C(=O)[C@@]12C. The van der Waals surface area contributed by atoms with E-state index in [-0.39, 0.29) is 23.7 Å². The molecule has 0 spiro atoms. The summed E-state index contributed by atoms with van der Waals surface area (Å²) in [7, 11) is 3.15. The number of halogens is 1. The minimum atomic E-state index is -1.32. The van der Waals surface area contributed by atoms with Gasteiger partial charge in [-0.1, -0.05) is 29.3 Å². The smallest absolute Gasteiger partial charge is 0.257 e. The zero-order chi connectivity index (χ0) is 34.0. The van der Waals surface area contributed by atoms with Crippen LogP contribution >= 0.6 is 22.9 Å². The number of ether oxygens (including phenoxy) is 1. The minimum Gasteiger partial charge on any atom is -0.508 e. The summed E-state index contributed by atoms with van der Waals surface area (Å²) in [4.78, 5) is 57.8. The summed E-state index contributed by atoms with van der Waals surface area (Å²) in [6.45, 7) is 3.76. The molecule has 4 aromatic rings. The number of fused-ring (bicyclic) bond motifs is 5. The Morgan fingerprint density at radius 1 is 1.04 bits per heavy atom. The number of rotatable bonds is 4. The Bertz CT molecular complexity index is 2150. The van der Waals surface area contributed by atoms with Crippen molar-refractivity contribution in [3.05, 3.63) is 70.3 Å². The van der Waals surface area contributed by atoms with Gasteiger partial charge in [0.1, 0.15) is 23.0 Å². The molecule has 13 heteroatoms. The number of hydroxylamine groups is 2. The average molecular weight is 687 g/mol. The molecule has 2 aliphatic carbocycles. The number of aromatic hydroxyl groups is 1. The highest BCUT2D eigenvalue weighted by Gasteiger charge is 2.68. The quantitative estimate of drug-likeness (QED) is 0.161. The molecule has 11 nitrogen and oxygen atoms in total. The van der Waals surface area contributed by atoms with Crippen LogP contribution in [0.15, 0.2) is 54.1 Å². The van der Waals surface area contributed by atoms with Gasteiger partial charge in [0.2, 0.25) is 11.8 Å². The number of benzene rings is 2. The summed E-state index contributed by atoms with van der Waals surface area (Å²) in [6, 6.07) is 12.1. The number of thiophene rings is 1. The zero-order valence-corrected chi connectivity index (χ0v) is 28.0. The van der Waals surface area contributed by atoms with Crippen LogP contribution in [0, 0.1) is 36.0 Å². The van der Waals surface area contributed by atoms with Crippen LogP contribution in [0.5, 0.6) is 11.5 Å². The van der Waals surface area contributed by atoms with Crippen LogP contribution < -0.4 is 9.64 Å². The fraction of sp³-hybridized carbons (Fsp3) is 0.343. The van der Waals surface area contributed by atoms with E-state index in [1.165, 1.54) is 28.8 Å². The number of phenols is 1. The fourth-order valence-electron chi connectivity index (χ4n) is 8.71. The van der Waals surface area contributed by atoms with Gasteiger partial charge in [0.25, 0.3) is 11.8 Å². The number of carbonyl (C=O) groups is 4. The number of imide groups is 2. The molecular weight excluding hydrogens is 656 g/mol. The van der Waals surface area contributed by atoms with E-state index in [1.54, 1.807) is 37.4 Å². The summed E-state index contributed by atoms with van der Waals surface area (Å²) in [5.41, 5.74) is 1.58. The third-order valence-electron chi connectivity index (χ3n) is 11.0. The number of allylic oxidation sites excluding steroid dienone is 2. The molecule has 0 unspecified atom stereocenters. The van der Waals surface area contributed by atoms with Crippen molar-refractivity contribution < 1.29 is 34.2 Å². The van der Waals surface area contributed by atoms with Crippen molar-refractivity contribution in [1.82, 2.24) is 14.8 Å². The van der Waals surface area contributed by atoms with E-state index in [9.17, 15) is 29.5 Å². The number of amides is 4. The van der Waals surface area contributed by atoms with Crippen LogP contribution in [0.2, 0.25) is 5.02 Å². The first kappa shape index (κ1) is 30.8. The molecule has 48 heavy (non-hydrogen) atoms. The molecule has 2 N–H and O–H groups in total. The van der Waals surface area contributed by atoms with Crippen LogP contribution in [0.25, 0.3) is 20.7 Å². The topological polar surface area (TPSA) is 142 Å². The number of aryl methyl sites for hydroxylation is 2. The largest absolute Gasteiger partial charge is 0.508 e. The number of carbonyl (C=O) groups excluding carboxylic acids is 4. The Morgan fingerprint density at radius 3 is 2.56 bits per heavy atom. The Kier molecular flexibility index (Phi) is 6.73. The Morgan fingerprint density at radius 2 is 1.81 bits per heavy atom. The van der Waals surface area contributed by atoms with Gasteiger partial charge in [-0.15, -0.1) is 11.3 Å². The Labute approximate surface area is 283 Å². The van der Waals surface area contributed by atoms with Crippen LogP contribution in [0.1, 0.15) is 36.8 Å². The summed E-state index contributed by atoms with van der Waals surface area (Å²) in [6.07, 6.45) is 2.22. The molecule has 3 fully saturated rings. The maximum atomic E-state index is 14.9. The number of aromatic nitrogens is 2. The molecule has 0 radical (unpaired) electrons. The van der Waals surface area contributed by atoms with Crippen molar-refractivity contribution in [2.45, 2.75) is 32.6 Å². The van der Waals surface area contributed by atoms with Crippen LogP contribution in [0.4, 0.5) is 5.82 Å². The highest BCUT2D eigenvalue weighted by atomic mass is 35.5. The van der Waals surface area contributed by atoms with Crippen molar-refractivity contribution in [2.75, 3.05) is 12.0 Å². The highest BCUT2D eigenvalue weighted by molar-refractivity contribution is 7.22. The van der Waals surface area contributed by atoms with E-state index < -0.39 is 58.6 Å². The number of anilines is 1. The molecule has 2 aliphatic heterocycles. The molecule has 0 bridgehead atoms. The maximum Gasteiger partial charge on any atom is 0.257 e. The van der Waals surface area contributed by atoms with Gasteiger partial charge >= 0.3 is 0 Å². The summed E-state index contributed by atoms with van der Waals surface area (Å²) in [5.74, 6) is -5.47. The van der Waals surface area contributed by atoms with E-state index >= 15 is 0 Å². The average Bonchev–Trinajstić information content (AvgIpc) is 3.72. The lowest BCUT2D eigenvalue weighted by atomic mass is 9.51. The first-order valence-electron chi connectivity index (χ1n) is 15.6. The van der Waals surface area contributed by atoms with Crippen molar-refractivity contribution in [3.8, 4) is 22.1 Å². The highest BCUT2D eigenvalue weighted by Crippen LogP contribution is 2.64. The fourth-order valence-corrected chi connectivity index (χ4v) is 10.0. The van der Waals surface area contributed by atoms with Gasteiger partial charge in [0, 0.05) is 40.4 Å². The number of phenolic OH excluding ortho intramolecular Hbond substituents is 1. The number of hydrogen-bond acceptors (Lipinski definition) is 9. The standard InChI is InChI=1S/C35H31ClN4O7S/c1-15-21-11-16(36)5-10-26(21)48-30(15)24-14-27(38(3)37-24)39-32(43)23-13-22-18(8-9-20-28(22)33(44)40(46)31(20)42)29(35(23,2)34(39)45)19-7-6-17(41)12-25(19)47-4/h5-8,10-12,14,20,22-23,28-29,41,46H,9,13H2,1-4H3/t20-,22+,23-,28-,29+,35+/m0/s1.